The molecule has 0 spiro atoms. The van der Waals surface area contributed by atoms with Gasteiger partial charge in [-0.2, -0.15) is 0 Å². The maximum absolute atomic E-state index is 12.3. The van der Waals surface area contributed by atoms with E-state index < -0.39 is 4.92 Å². The van der Waals surface area contributed by atoms with Gasteiger partial charge in [-0.1, -0.05) is 18.2 Å². The van der Waals surface area contributed by atoms with Crippen molar-refractivity contribution in [2.45, 2.75) is 26.2 Å². The number of nitro groups is 1. The van der Waals surface area contributed by atoms with Gasteiger partial charge in [-0.15, -0.1) is 0 Å². The Bertz CT molecular complexity index is 783. The van der Waals surface area contributed by atoms with E-state index in [9.17, 15) is 14.9 Å². The van der Waals surface area contributed by atoms with Crippen molar-refractivity contribution in [1.82, 2.24) is 0 Å². The first-order valence-corrected chi connectivity index (χ1v) is 7.58. The molecule has 0 fully saturated rings. The molecule has 0 saturated carbocycles. The van der Waals surface area contributed by atoms with Crippen molar-refractivity contribution in [1.29, 1.82) is 0 Å². The third kappa shape index (κ3) is 3.08. The van der Waals surface area contributed by atoms with E-state index in [4.69, 9.17) is 4.74 Å². The number of nitrogens with zero attached hydrogens (tertiary/aromatic N) is 1. The van der Waals surface area contributed by atoms with Crippen molar-refractivity contribution < 1.29 is 14.5 Å². The third-order valence-electron chi connectivity index (χ3n) is 4.23. The van der Waals surface area contributed by atoms with Crippen LogP contribution in [0.3, 0.4) is 0 Å². The minimum Gasteiger partial charge on any atom is -0.485 e. The van der Waals surface area contributed by atoms with Gasteiger partial charge in [0.05, 0.1) is 10.5 Å². The molecular formula is C18H17NO4. The number of aryl methyl sites for hydroxylation is 2. The molecule has 23 heavy (non-hydrogen) atoms. The van der Waals surface area contributed by atoms with Gasteiger partial charge >= 0.3 is 0 Å². The number of carbonyl (C=O) groups is 1. The first-order chi connectivity index (χ1) is 11.1. The summed E-state index contributed by atoms with van der Waals surface area (Å²) in [6, 6.07) is 10.4. The summed E-state index contributed by atoms with van der Waals surface area (Å²) in [5.41, 5.74) is 3.61. The largest absolute Gasteiger partial charge is 0.485 e. The van der Waals surface area contributed by atoms with Crippen LogP contribution in [-0.4, -0.2) is 17.3 Å². The molecule has 2 aromatic carbocycles. The maximum Gasteiger partial charge on any atom is 0.276 e. The number of hydrogen-bond acceptors (Lipinski definition) is 4. The monoisotopic (exact) mass is 311 g/mol. The summed E-state index contributed by atoms with van der Waals surface area (Å²) in [4.78, 5) is 22.8. The van der Waals surface area contributed by atoms with Crippen molar-refractivity contribution in [3.8, 4) is 5.75 Å². The van der Waals surface area contributed by atoms with E-state index in [0.717, 1.165) is 19.3 Å². The molecule has 0 aliphatic heterocycles. The highest BCUT2D eigenvalue weighted by molar-refractivity contribution is 5.97. The fourth-order valence-electron chi connectivity index (χ4n) is 2.93. The van der Waals surface area contributed by atoms with Crippen LogP contribution in [-0.2, 0) is 12.8 Å². The fourth-order valence-corrected chi connectivity index (χ4v) is 2.93. The smallest absolute Gasteiger partial charge is 0.276 e. The molecule has 5 nitrogen and oxygen atoms in total. The SMILES string of the molecule is Cc1c(OCC(=O)c2ccc3c(c2)CCC3)cccc1[N+](=O)[O-]. The van der Waals surface area contributed by atoms with Crippen LogP contribution in [0.5, 0.6) is 5.75 Å². The molecule has 5 heteroatoms. The second-order valence-corrected chi connectivity index (χ2v) is 5.71. The summed E-state index contributed by atoms with van der Waals surface area (Å²) in [5, 5.41) is 10.9. The van der Waals surface area contributed by atoms with Crippen LogP contribution in [0.4, 0.5) is 5.69 Å². The molecule has 0 bridgehead atoms. The molecule has 0 atom stereocenters. The molecule has 1 aliphatic rings. The van der Waals surface area contributed by atoms with E-state index in [1.54, 1.807) is 19.1 Å². The Morgan fingerprint density at radius 3 is 2.78 bits per heavy atom. The van der Waals surface area contributed by atoms with Gasteiger partial charge in [0.2, 0.25) is 0 Å². The van der Waals surface area contributed by atoms with Gasteiger partial charge in [0.1, 0.15) is 5.75 Å². The summed E-state index contributed by atoms with van der Waals surface area (Å²) in [6.45, 7) is 1.49. The summed E-state index contributed by atoms with van der Waals surface area (Å²) in [6.07, 6.45) is 3.23. The molecule has 0 radical (unpaired) electrons. The van der Waals surface area contributed by atoms with E-state index in [1.807, 2.05) is 18.2 Å². The summed E-state index contributed by atoms with van der Waals surface area (Å²) >= 11 is 0. The molecule has 1 aliphatic carbocycles. The first kappa shape index (κ1) is 15.2. The minimum atomic E-state index is -0.454. The zero-order valence-corrected chi connectivity index (χ0v) is 12.9. The van der Waals surface area contributed by atoms with E-state index in [-0.39, 0.29) is 18.1 Å². The van der Waals surface area contributed by atoms with Crippen molar-refractivity contribution in [3.63, 3.8) is 0 Å². The molecule has 0 heterocycles. The van der Waals surface area contributed by atoms with Crippen molar-refractivity contribution >= 4 is 11.5 Å². The zero-order chi connectivity index (χ0) is 16.4. The number of ether oxygens (including phenoxy) is 1. The number of hydrogen-bond donors (Lipinski definition) is 0. The highest BCUT2D eigenvalue weighted by Crippen LogP contribution is 2.27. The van der Waals surface area contributed by atoms with E-state index in [1.165, 1.54) is 17.2 Å². The number of rotatable bonds is 5. The average molecular weight is 311 g/mol. The van der Waals surface area contributed by atoms with Crippen LogP contribution in [0, 0.1) is 17.0 Å². The Labute approximate surface area is 134 Å². The lowest BCUT2D eigenvalue weighted by atomic mass is 10.0. The van der Waals surface area contributed by atoms with Crippen LogP contribution < -0.4 is 4.74 Å². The zero-order valence-electron chi connectivity index (χ0n) is 12.9. The molecular weight excluding hydrogens is 294 g/mol. The van der Waals surface area contributed by atoms with Gasteiger partial charge in [-0.25, -0.2) is 0 Å². The molecule has 0 aromatic heterocycles. The van der Waals surface area contributed by atoms with Gasteiger partial charge in [0.25, 0.3) is 5.69 Å². The van der Waals surface area contributed by atoms with Crippen molar-refractivity contribution in [2.75, 3.05) is 6.61 Å². The van der Waals surface area contributed by atoms with E-state index >= 15 is 0 Å². The standard InChI is InChI=1S/C18H17NO4/c1-12-16(19(21)22)6-3-7-18(12)23-11-17(20)15-9-8-13-4-2-5-14(13)10-15/h3,6-10H,2,4-5,11H2,1H3. The lowest BCUT2D eigenvalue weighted by Gasteiger charge is -2.09. The topological polar surface area (TPSA) is 69.4 Å². The van der Waals surface area contributed by atoms with Crippen molar-refractivity contribution in [2.24, 2.45) is 0 Å². The van der Waals surface area contributed by atoms with Gasteiger partial charge in [-0.3, -0.25) is 14.9 Å². The fraction of sp³-hybridized carbons (Fsp3) is 0.278. The predicted octanol–water partition coefficient (Wildman–Crippen LogP) is 3.65. The molecule has 0 N–H and O–H groups in total. The van der Waals surface area contributed by atoms with Gasteiger partial charge in [0, 0.05) is 11.6 Å². The lowest BCUT2D eigenvalue weighted by molar-refractivity contribution is -0.385. The van der Waals surface area contributed by atoms with Crippen molar-refractivity contribution in [3.05, 3.63) is 68.8 Å². The second kappa shape index (κ2) is 6.20. The van der Waals surface area contributed by atoms with Gasteiger partial charge in [-0.05, 0) is 49.4 Å². The Morgan fingerprint density at radius 1 is 1.22 bits per heavy atom. The summed E-state index contributed by atoms with van der Waals surface area (Å²) in [5.74, 6) is 0.249. The third-order valence-corrected chi connectivity index (χ3v) is 4.23. The lowest BCUT2D eigenvalue weighted by Crippen LogP contribution is -2.12. The Balaban J connectivity index is 1.72. The number of Topliss-reactive ketones (excluding diaryl/α,β-unsaturated/α-hetero) is 1. The minimum absolute atomic E-state index is 0.00696. The molecule has 0 amide bonds. The van der Waals surface area contributed by atoms with Crippen LogP contribution >= 0.6 is 0 Å². The molecule has 0 saturated heterocycles. The number of fused-ring (bicyclic) bond motifs is 1. The van der Waals surface area contributed by atoms with Gasteiger partial charge in [0.15, 0.2) is 12.4 Å². The first-order valence-electron chi connectivity index (χ1n) is 7.58. The van der Waals surface area contributed by atoms with E-state index in [2.05, 4.69) is 0 Å². The summed E-state index contributed by atoms with van der Waals surface area (Å²) < 4.78 is 5.51. The maximum atomic E-state index is 12.3. The number of benzene rings is 2. The Hall–Kier alpha value is -2.69. The van der Waals surface area contributed by atoms with Crippen LogP contribution in [0.15, 0.2) is 36.4 Å². The summed E-state index contributed by atoms with van der Waals surface area (Å²) in [7, 11) is 0. The Morgan fingerprint density at radius 2 is 2.00 bits per heavy atom. The van der Waals surface area contributed by atoms with Crippen LogP contribution in [0.1, 0.15) is 33.5 Å². The predicted molar refractivity (Wildman–Crippen MR) is 86.1 cm³/mol. The normalized spacial score (nSPS) is 12.7. The number of nitro benzene ring substituents is 1. The van der Waals surface area contributed by atoms with Gasteiger partial charge < -0.3 is 4.74 Å². The van der Waals surface area contributed by atoms with Crippen LogP contribution in [0.2, 0.25) is 0 Å². The number of carbonyl (C=O) groups excluding carboxylic acids is 1. The molecule has 2 aromatic rings. The molecule has 118 valence electrons. The number of ketones is 1. The second-order valence-electron chi connectivity index (χ2n) is 5.71. The Kier molecular flexibility index (Phi) is 4.10. The molecule has 0 unspecified atom stereocenters. The highest BCUT2D eigenvalue weighted by atomic mass is 16.6. The highest BCUT2D eigenvalue weighted by Gasteiger charge is 2.17. The van der Waals surface area contributed by atoms with Crippen LogP contribution in [0.25, 0.3) is 0 Å². The average Bonchev–Trinajstić information content (AvgIpc) is 3.00. The molecule has 3 rings (SSSR count). The van der Waals surface area contributed by atoms with E-state index in [0.29, 0.717) is 16.9 Å². The quantitative estimate of drug-likeness (QED) is 0.480.